The van der Waals surface area contributed by atoms with Crippen LogP contribution in [0.2, 0.25) is 0 Å². The van der Waals surface area contributed by atoms with Crippen molar-refractivity contribution in [2.45, 2.75) is 67.5 Å². The van der Waals surface area contributed by atoms with E-state index in [4.69, 9.17) is 0 Å². The van der Waals surface area contributed by atoms with E-state index in [0.29, 0.717) is 11.6 Å². The Kier molecular flexibility index (Phi) is 17.1. The van der Waals surface area contributed by atoms with Crippen LogP contribution in [0.15, 0.2) is 60.9 Å². The first-order chi connectivity index (χ1) is 26.5. The Labute approximate surface area is 362 Å². The van der Waals surface area contributed by atoms with Crippen molar-refractivity contribution < 1.29 is 68.5 Å². The summed E-state index contributed by atoms with van der Waals surface area (Å²) in [4.78, 5) is 15.2. The minimum absolute atomic E-state index is 0. The molecule has 2 aromatic carbocycles. The maximum absolute atomic E-state index is 13.4. The molecule has 4 aromatic heterocycles. The Balaban J connectivity index is 0.000000228. The second-order valence-electron chi connectivity index (χ2n) is 13.2. The molecule has 0 aliphatic carbocycles. The van der Waals surface area contributed by atoms with Crippen molar-refractivity contribution in [2.75, 3.05) is 19.6 Å². The topological polar surface area (TPSA) is 92.7 Å². The predicted molar refractivity (Wildman–Crippen MR) is 201 cm³/mol. The SMILES string of the molecule is CC(C)N1[CH-]N(c2[c-]c(F)c(F)c(F)c2)c2ncccc21.CC(C)N1[CH-]N(c2[c-]c(F)c(F)c(F)c2)c2ncccc21.Cc1cc(C)[n-]n1.Cc1cc(C)[n-]n1.[Pt].[Pt]. The molecule has 6 aromatic rings. The third-order valence-electron chi connectivity index (χ3n) is 8.03. The van der Waals surface area contributed by atoms with E-state index in [1.165, 1.54) is 9.80 Å². The summed E-state index contributed by atoms with van der Waals surface area (Å²) in [6, 6.07) is 17.6. The zero-order chi connectivity index (χ0) is 40.8. The number of fused-ring (bicyclic) bond motifs is 2. The van der Waals surface area contributed by atoms with Gasteiger partial charge in [0, 0.05) is 88.9 Å². The molecular formula is C40H38F6N10Pt2-6. The average Bonchev–Trinajstić information content (AvgIpc) is 3.94. The summed E-state index contributed by atoms with van der Waals surface area (Å²) in [5, 5.41) is 15.1. The van der Waals surface area contributed by atoms with E-state index in [1.807, 2.05) is 89.5 Å². The summed E-state index contributed by atoms with van der Waals surface area (Å²) in [5.74, 6) is -7.22. The van der Waals surface area contributed by atoms with Gasteiger partial charge in [0.25, 0.3) is 0 Å². The van der Waals surface area contributed by atoms with Gasteiger partial charge in [0.05, 0.1) is 23.3 Å². The number of hydrogen-bond donors (Lipinski definition) is 0. The summed E-state index contributed by atoms with van der Waals surface area (Å²) in [5.41, 5.74) is 5.74. The number of anilines is 6. The number of aromatic nitrogens is 6. The zero-order valence-electron chi connectivity index (χ0n) is 32.5. The molecule has 0 unspecified atom stereocenters. The second kappa shape index (κ2) is 20.8. The normalized spacial score (nSPS) is 12.4. The number of benzene rings is 2. The van der Waals surface area contributed by atoms with Crippen molar-refractivity contribution in [3.05, 3.63) is 144 Å². The number of aryl methyl sites for hydroxylation is 4. The van der Waals surface area contributed by atoms with Gasteiger partial charge in [-0.3, -0.25) is 8.78 Å². The van der Waals surface area contributed by atoms with Crippen LogP contribution >= 0.6 is 0 Å². The third kappa shape index (κ3) is 11.3. The van der Waals surface area contributed by atoms with Crippen LogP contribution in [-0.4, -0.2) is 32.2 Å². The van der Waals surface area contributed by atoms with Gasteiger partial charge >= 0.3 is 0 Å². The van der Waals surface area contributed by atoms with Gasteiger partial charge in [0.1, 0.15) is 11.6 Å². The largest absolute Gasteiger partial charge is 0.579 e. The molecule has 0 saturated carbocycles. The van der Waals surface area contributed by atoms with Crippen LogP contribution in [0.25, 0.3) is 0 Å². The predicted octanol–water partition coefficient (Wildman–Crippen LogP) is 8.88. The van der Waals surface area contributed by atoms with E-state index in [1.54, 1.807) is 37.9 Å². The summed E-state index contributed by atoms with van der Waals surface area (Å²) < 4.78 is 79.7. The number of pyridine rings is 2. The molecule has 0 amide bonds. The van der Waals surface area contributed by atoms with Crippen molar-refractivity contribution in [2.24, 2.45) is 0 Å². The number of rotatable bonds is 4. The van der Waals surface area contributed by atoms with Crippen LogP contribution in [0.1, 0.15) is 50.5 Å². The van der Waals surface area contributed by atoms with Crippen LogP contribution in [-0.2, 0) is 42.1 Å². The molecule has 10 nitrogen and oxygen atoms in total. The number of hydrogen-bond acceptors (Lipinski definition) is 8. The molecule has 0 fully saturated rings. The van der Waals surface area contributed by atoms with E-state index in [0.717, 1.165) is 46.3 Å². The zero-order valence-corrected chi connectivity index (χ0v) is 37.0. The van der Waals surface area contributed by atoms with Gasteiger partial charge in [0.15, 0.2) is 0 Å². The minimum Gasteiger partial charge on any atom is -0.579 e. The molecule has 0 atom stereocenters. The standard InChI is InChI=1S/2C15H12F3N3.2C5H7N2.2Pt/c2*1-9(2)20-8-21(15-13(20)4-3-5-19-15)10-6-11(16)14(18)12(17)7-10;2*1-4-3-5(2)7-6-4;;/h2*3-6,8-9H,1-2H3;2*3H,1-2H3;;/q2*-2;2*-1;;. The van der Waals surface area contributed by atoms with Crippen molar-refractivity contribution >= 4 is 34.4 Å². The van der Waals surface area contributed by atoms with Crippen molar-refractivity contribution in [1.82, 2.24) is 30.4 Å². The quantitative estimate of drug-likeness (QED) is 0.0969. The molecule has 0 bridgehead atoms. The molecule has 2 aliphatic heterocycles. The van der Waals surface area contributed by atoms with Crippen LogP contribution in [0, 0.1) is 88.1 Å². The first-order valence-corrected chi connectivity index (χ1v) is 17.3. The van der Waals surface area contributed by atoms with E-state index in [-0.39, 0.29) is 65.6 Å². The second-order valence-corrected chi connectivity index (χ2v) is 13.2. The first kappa shape index (κ1) is 47.7. The maximum Gasteiger partial charge on any atom is 0.124 e. The van der Waals surface area contributed by atoms with Gasteiger partial charge < -0.3 is 40.0 Å². The smallest absolute Gasteiger partial charge is 0.124 e. The third-order valence-corrected chi connectivity index (χ3v) is 8.03. The van der Waals surface area contributed by atoms with E-state index in [9.17, 15) is 26.3 Å². The van der Waals surface area contributed by atoms with Crippen LogP contribution in [0.5, 0.6) is 0 Å². The maximum atomic E-state index is 13.4. The molecule has 18 heteroatoms. The molecular weight excluding hydrogens is 1120 g/mol. The van der Waals surface area contributed by atoms with Gasteiger partial charge in [0.2, 0.25) is 0 Å². The Morgan fingerprint density at radius 1 is 0.586 bits per heavy atom. The number of halogens is 6. The number of nitrogens with zero attached hydrogens (tertiary/aromatic N) is 10. The molecule has 2 aliphatic rings. The molecule has 0 radical (unpaired) electrons. The monoisotopic (exact) mass is 1160 g/mol. The van der Waals surface area contributed by atoms with Gasteiger partial charge in [-0.25, -0.2) is 27.5 Å². The van der Waals surface area contributed by atoms with Gasteiger partial charge in [-0.05, 0) is 77.9 Å². The molecule has 58 heavy (non-hydrogen) atoms. The summed E-state index contributed by atoms with van der Waals surface area (Å²) in [6.07, 6.45) is 3.17. The Morgan fingerprint density at radius 2 is 0.948 bits per heavy atom. The Morgan fingerprint density at radius 3 is 1.21 bits per heavy atom. The van der Waals surface area contributed by atoms with Crippen molar-refractivity contribution in [3.8, 4) is 0 Å². The fraction of sp³-hybridized carbons (Fsp3) is 0.250. The minimum atomic E-state index is -1.53. The molecule has 8 rings (SSSR count). The molecule has 0 N–H and O–H groups in total. The van der Waals surface area contributed by atoms with Crippen LogP contribution in [0.4, 0.5) is 60.7 Å². The van der Waals surface area contributed by atoms with Gasteiger partial charge in [-0.2, -0.15) is 0 Å². The summed E-state index contributed by atoms with van der Waals surface area (Å²) in [6.45, 7) is 19.0. The van der Waals surface area contributed by atoms with Crippen LogP contribution < -0.4 is 29.8 Å². The Bertz CT molecular complexity index is 2030. The van der Waals surface area contributed by atoms with E-state index in [2.05, 4.69) is 42.5 Å². The van der Waals surface area contributed by atoms with Crippen molar-refractivity contribution in [1.29, 1.82) is 0 Å². The molecule has 0 spiro atoms. The van der Waals surface area contributed by atoms with Gasteiger partial charge in [-0.1, -0.05) is 37.4 Å². The van der Waals surface area contributed by atoms with E-state index >= 15 is 0 Å². The fourth-order valence-corrected chi connectivity index (χ4v) is 5.49. The fourth-order valence-electron chi connectivity index (χ4n) is 5.49. The van der Waals surface area contributed by atoms with Crippen molar-refractivity contribution in [3.63, 3.8) is 0 Å². The Hall–Kier alpha value is -4.68. The molecule has 6 heterocycles. The van der Waals surface area contributed by atoms with Gasteiger partial charge in [-0.15, -0.1) is 49.0 Å². The molecule has 0 saturated heterocycles. The van der Waals surface area contributed by atoms with E-state index < -0.39 is 34.9 Å². The van der Waals surface area contributed by atoms with Crippen LogP contribution in [0.3, 0.4) is 0 Å². The average molecular weight is 1160 g/mol. The molecule has 316 valence electrons. The summed E-state index contributed by atoms with van der Waals surface area (Å²) >= 11 is 0. The summed E-state index contributed by atoms with van der Waals surface area (Å²) in [7, 11) is 0. The first-order valence-electron chi connectivity index (χ1n) is 17.3.